The van der Waals surface area contributed by atoms with Gasteiger partial charge in [0.25, 0.3) is 5.69 Å². The van der Waals surface area contributed by atoms with E-state index >= 15 is 0 Å². The molecule has 0 aliphatic rings. The highest BCUT2D eigenvalue weighted by atomic mass is 35.5. The van der Waals surface area contributed by atoms with Crippen LogP contribution in [0.15, 0.2) is 36.7 Å². The number of hydrogen-bond acceptors (Lipinski definition) is 4. The van der Waals surface area contributed by atoms with Gasteiger partial charge >= 0.3 is 0 Å². The molecule has 0 aliphatic carbocycles. The van der Waals surface area contributed by atoms with Gasteiger partial charge in [-0.3, -0.25) is 15.1 Å². The van der Waals surface area contributed by atoms with Gasteiger partial charge in [0.05, 0.1) is 15.6 Å². The molecular weight excluding hydrogens is 266 g/mol. The van der Waals surface area contributed by atoms with Crippen LogP contribution in [0.4, 0.5) is 11.4 Å². The average Bonchev–Trinajstić information content (AvgIpc) is 2.39. The number of nitrogens with one attached hydrogen (secondary N) is 1. The molecule has 6 heteroatoms. The molecule has 0 radical (unpaired) electrons. The van der Waals surface area contributed by atoms with E-state index in [2.05, 4.69) is 10.3 Å². The fourth-order valence-corrected chi connectivity index (χ4v) is 1.89. The normalized spacial score (nSPS) is 10.2. The number of aromatic nitrogens is 1. The van der Waals surface area contributed by atoms with Crippen molar-refractivity contribution in [2.45, 2.75) is 13.5 Å². The third kappa shape index (κ3) is 3.20. The lowest BCUT2D eigenvalue weighted by Gasteiger charge is -2.09. The summed E-state index contributed by atoms with van der Waals surface area (Å²) in [4.78, 5) is 14.2. The van der Waals surface area contributed by atoms with Crippen LogP contribution in [-0.2, 0) is 6.54 Å². The van der Waals surface area contributed by atoms with Gasteiger partial charge in [0.15, 0.2) is 0 Å². The van der Waals surface area contributed by atoms with E-state index in [0.717, 1.165) is 11.1 Å². The van der Waals surface area contributed by atoms with Crippen molar-refractivity contribution >= 4 is 23.0 Å². The Hall–Kier alpha value is -2.14. The molecule has 1 N–H and O–H groups in total. The molecule has 0 aliphatic heterocycles. The maximum Gasteiger partial charge on any atom is 0.271 e. The summed E-state index contributed by atoms with van der Waals surface area (Å²) in [5.74, 6) is 0. The molecule has 0 saturated carbocycles. The number of benzene rings is 1. The first kappa shape index (κ1) is 13.3. The van der Waals surface area contributed by atoms with Gasteiger partial charge in [0.1, 0.15) is 0 Å². The fraction of sp³-hybridized carbons (Fsp3) is 0.154. The number of anilines is 1. The molecule has 0 saturated heterocycles. The predicted molar refractivity (Wildman–Crippen MR) is 74.4 cm³/mol. The van der Waals surface area contributed by atoms with Gasteiger partial charge in [-0.15, -0.1) is 0 Å². The maximum absolute atomic E-state index is 10.6. The zero-order valence-electron chi connectivity index (χ0n) is 10.3. The molecule has 2 aromatic rings. The molecular formula is C13H12ClN3O2. The number of hydrogen-bond donors (Lipinski definition) is 1. The number of nitrogens with zero attached hydrogens (tertiary/aromatic N) is 2. The van der Waals surface area contributed by atoms with Gasteiger partial charge < -0.3 is 5.32 Å². The van der Waals surface area contributed by atoms with Gasteiger partial charge in [-0.2, -0.15) is 0 Å². The number of non-ortho nitro benzene ring substituents is 1. The number of nitro groups is 1. The summed E-state index contributed by atoms with van der Waals surface area (Å²) in [7, 11) is 0. The van der Waals surface area contributed by atoms with Crippen molar-refractivity contribution in [1.29, 1.82) is 0 Å². The molecule has 0 unspecified atom stereocenters. The Balaban J connectivity index is 2.12. The highest BCUT2D eigenvalue weighted by molar-refractivity contribution is 6.33. The summed E-state index contributed by atoms with van der Waals surface area (Å²) in [6.07, 6.45) is 3.51. The Morgan fingerprint density at radius 1 is 1.42 bits per heavy atom. The van der Waals surface area contributed by atoms with Crippen molar-refractivity contribution in [1.82, 2.24) is 4.98 Å². The summed E-state index contributed by atoms with van der Waals surface area (Å²) < 4.78 is 0. The number of aryl methyl sites for hydroxylation is 1. The third-order valence-electron chi connectivity index (χ3n) is 2.77. The second-order valence-corrected chi connectivity index (χ2v) is 4.48. The summed E-state index contributed by atoms with van der Waals surface area (Å²) >= 11 is 6.00. The first-order valence-corrected chi connectivity index (χ1v) is 6.03. The van der Waals surface area contributed by atoms with Gasteiger partial charge in [-0.05, 0) is 30.2 Å². The fourth-order valence-electron chi connectivity index (χ4n) is 1.65. The van der Waals surface area contributed by atoms with Crippen LogP contribution in [0.5, 0.6) is 0 Å². The summed E-state index contributed by atoms with van der Waals surface area (Å²) in [6, 6.07) is 6.29. The summed E-state index contributed by atoms with van der Waals surface area (Å²) in [6.45, 7) is 2.56. The molecule has 19 heavy (non-hydrogen) atoms. The number of pyridine rings is 1. The maximum atomic E-state index is 10.6. The Bertz CT molecular complexity index is 617. The Kier molecular flexibility index (Phi) is 3.97. The predicted octanol–water partition coefficient (Wildman–Crippen LogP) is 3.56. The third-order valence-corrected chi connectivity index (χ3v) is 3.08. The van der Waals surface area contributed by atoms with Gasteiger partial charge in [-0.25, -0.2) is 0 Å². The molecule has 1 heterocycles. The van der Waals surface area contributed by atoms with E-state index < -0.39 is 4.92 Å². The second kappa shape index (κ2) is 5.67. The van der Waals surface area contributed by atoms with Crippen LogP contribution < -0.4 is 5.32 Å². The van der Waals surface area contributed by atoms with Crippen LogP contribution in [0.25, 0.3) is 0 Å². The van der Waals surface area contributed by atoms with Gasteiger partial charge in [-0.1, -0.05) is 11.6 Å². The molecule has 1 aromatic carbocycles. The van der Waals surface area contributed by atoms with Crippen molar-refractivity contribution in [3.63, 3.8) is 0 Å². The standard InChI is InChI=1S/C13H12ClN3O2/c1-9-7-15-5-4-10(9)8-16-13-3-2-11(17(18)19)6-12(13)14/h2-7,16H,8H2,1H3. The van der Waals surface area contributed by atoms with Gasteiger partial charge in [0, 0.05) is 31.1 Å². The van der Waals surface area contributed by atoms with E-state index in [1.165, 1.54) is 12.1 Å². The van der Waals surface area contributed by atoms with E-state index in [1.54, 1.807) is 18.5 Å². The Morgan fingerprint density at radius 3 is 2.84 bits per heavy atom. The lowest BCUT2D eigenvalue weighted by molar-refractivity contribution is -0.384. The van der Waals surface area contributed by atoms with Gasteiger partial charge in [0.2, 0.25) is 0 Å². The lowest BCUT2D eigenvalue weighted by Crippen LogP contribution is -2.02. The molecule has 0 amide bonds. The highest BCUT2D eigenvalue weighted by Gasteiger charge is 2.09. The minimum atomic E-state index is -0.470. The Morgan fingerprint density at radius 2 is 2.21 bits per heavy atom. The van der Waals surface area contributed by atoms with E-state index in [0.29, 0.717) is 17.3 Å². The van der Waals surface area contributed by atoms with E-state index in [-0.39, 0.29) is 5.69 Å². The zero-order valence-corrected chi connectivity index (χ0v) is 11.0. The van der Waals surface area contributed by atoms with Crippen molar-refractivity contribution in [2.75, 3.05) is 5.32 Å². The molecule has 98 valence electrons. The quantitative estimate of drug-likeness (QED) is 0.685. The molecule has 0 spiro atoms. The van der Waals surface area contributed by atoms with Crippen molar-refractivity contribution < 1.29 is 4.92 Å². The van der Waals surface area contributed by atoms with Crippen LogP contribution in [0.1, 0.15) is 11.1 Å². The van der Waals surface area contributed by atoms with Crippen LogP contribution >= 0.6 is 11.6 Å². The molecule has 0 bridgehead atoms. The summed E-state index contributed by atoms with van der Waals surface area (Å²) in [5.41, 5.74) is 2.83. The van der Waals surface area contributed by atoms with E-state index in [9.17, 15) is 10.1 Å². The van der Waals surface area contributed by atoms with E-state index in [1.807, 2.05) is 13.0 Å². The van der Waals surface area contributed by atoms with Crippen LogP contribution in [0.3, 0.4) is 0 Å². The second-order valence-electron chi connectivity index (χ2n) is 4.08. The summed E-state index contributed by atoms with van der Waals surface area (Å²) in [5, 5.41) is 14.1. The number of rotatable bonds is 4. The molecule has 2 rings (SSSR count). The monoisotopic (exact) mass is 277 g/mol. The molecule has 0 fully saturated rings. The smallest absolute Gasteiger partial charge is 0.271 e. The van der Waals surface area contributed by atoms with Crippen LogP contribution in [-0.4, -0.2) is 9.91 Å². The van der Waals surface area contributed by atoms with Crippen molar-refractivity contribution in [3.05, 3.63) is 62.9 Å². The topological polar surface area (TPSA) is 68.1 Å². The number of halogens is 1. The largest absolute Gasteiger partial charge is 0.380 e. The minimum Gasteiger partial charge on any atom is -0.380 e. The SMILES string of the molecule is Cc1cnccc1CNc1ccc([N+](=O)[O-])cc1Cl. The minimum absolute atomic E-state index is 0.0179. The van der Waals surface area contributed by atoms with E-state index in [4.69, 9.17) is 11.6 Å². The first-order chi connectivity index (χ1) is 9.08. The molecule has 5 nitrogen and oxygen atoms in total. The van der Waals surface area contributed by atoms with Crippen molar-refractivity contribution in [2.24, 2.45) is 0 Å². The molecule has 0 atom stereocenters. The highest BCUT2D eigenvalue weighted by Crippen LogP contribution is 2.27. The lowest BCUT2D eigenvalue weighted by atomic mass is 10.1. The number of nitro benzene ring substituents is 1. The zero-order chi connectivity index (χ0) is 13.8. The van der Waals surface area contributed by atoms with Crippen LogP contribution in [0.2, 0.25) is 5.02 Å². The molecule has 1 aromatic heterocycles. The first-order valence-electron chi connectivity index (χ1n) is 5.65. The van der Waals surface area contributed by atoms with Crippen molar-refractivity contribution in [3.8, 4) is 0 Å². The average molecular weight is 278 g/mol. The Labute approximate surface area is 115 Å². The van der Waals surface area contributed by atoms with Crippen LogP contribution in [0, 0.1) is 17.0 Å².